The van der Waals surface area contributed by atoms with Gasteiger partial charge in [-0.05, 0) is 48.7 Å². The van der Waals surface area contributed by atoms with Crippen molar-refractivity contribution in [2.24, 2.45) is 0 Å². The lowest BCUT2D eigenvalue weighted by Gasteiger charge is -2.15. The van der Waals surface area contributed by atoms with Gasteiger partial charge in [0.15, 0.2) is 0 Å². The van der Waals surface area contributed by atoms with E-state index in [0.717, 1.165) is 26.9 Å². The molecule has 2 aromatic rings. The summed E-state index contributed by atoms with van der Waals surface area (Å²) < 4.78 is 5.89. The highest BCUT2D eigenvalue weighted by Crippen LogP contribution is 2.26. The monoisotopic (exact) mass is 347 g/mol. The number of methoxy groups -OCH3 is 1. The molecule has 0 radical (unpaired) electrons. The fraction of sp³-hybridized carbons (Fsp3) is 0.235. The summed E-state index contributed by atoms with van der Waals surface area (Å²) in [5, 5.41) is 3.42. The van der Waals surface area contributed by atoms with E-state index in [1.54, 1.807) is 6.07 Å². The summed E-state index contributed by atoms with van der Waals surface area (Å²) in [7, 11) is 1.40. The second kappa shape index (κ2) is 6.76. The van der Waals surface area contributed by atoms with E-state index in [0.29, 0.717) is 12.1 Å². The van der Waals surface area contributed by atoms with E-state index in [2.05, 4.69) is 47.2 Å². The lowest BCUT2D eigenvalue weighted by Crippen LogP contribution is -2.10. The molecule has 21 heavy (non-hydrogen) atoms. The smallest absolute Gasteiger partial charge is 0.338 e. The molecule has 0 aliphatic rings. The SMILES string of the molecule is COC(=O)c1ccccc1CNc1c(C)cc(Br)cc1C. The molecule has 0 spiro atoms. The first-order valence-corrected chi connectivity index (χ1v) is 7.49. The minimum absolute atomic E-state index is 0.309. The molecular formula is C17H18BrNO2. The van der Waals surface area contributed by atoms with Crippen LogP contribution in [0.3, 0.4) is 0 Å². The van der Waals surface area contributed by atoms with Crippen LogP contribution in [-0.2, 0) is 11.3 Å². The third-order valence-electron chi connectivity index (χ3n) is 3.38. The van der Waals surface area contributed by atoms with E-state index in [1.807, 2.05) is 18.2 Å². The number of esters is 1. The summed E-state index contributed by atoms with van der Waals surface area (Å²) in [5.74, 6) is -0.309. The maximum absolute atomic E-state index is 11.8. The zero-order chi connectivity index (χ0) is 15.4. The lowest BCUT2D eigenvalue weighted by molar-refractivity contribution is 0.0599. The van der Waals surface area contributed by atoms with Crippen molar-refractivity contribution in [1.82, 2.24) is 0 Å². The molecule has 0 aliphatic carbocycles. The molecule has 1 N–H and O–H groups in total. The third kappa shape index (κ3) is 3.64. The van der Waals surface area contributed by atoms with Crippen LogP contribution < -0.4 is 5.32 Å². The van der Waals surface area contributed by atoms with Gasteiger partial charge in [-0.3, -0.25) is 0 Å². The average Bonchev–Trinajstić information content (AvgIpc) is 2.45. The molecule has 0 atom stereocenters. The number of halogens is 1. The van der Waals surface area contributed by atoms with Crippen molar-refractivity contribution < 1.29 is 9.53 Å². The normalized spacial score (nSPS) is 10.3. The fourth-order valence-corrected chi connectivity index (χ4v) is 3.04. The van der Waals surface area contributed by atoms with Crippen molar-refractivity contribution in [3.05, 3.63) is 63.1 Å². The molecule has 0 heterocycles. The summed E-state index contributed by atoms with van der Waals surface area (Å²) in [6, 6.07) is 11.6. The van der Waals surface area contributed by atoms with Gasteiger partial charge >= 0.3 is 5.97 Å². The Morgan fingerprint density at radius 2 is 1.81 bits per heavy atom. The van der Waals surface area contributed by atoms with Crippen LogP contribution in [-0.4, -0.2) is 13.1 Å². The maximum Gasteiger partial charge on any atom is 0.338 e. The van der Waals surface area contributed by atoms with Crippen molar-refractivity contribution >= 4 is 27.6 Å². The van der Waals surface area contributed by atoms with Gasteiger partial charge in [-0.15, -0.1) is 0 Å². The number of hydrogen-bond acceptors (Lipinski definition) is 3. The fourth-order valence-electron chi connectivity index (χ4n) is 2.36. The summed E-state index contributed by atoms with van der Waals surface area (Å²) in [5.41, 5.74) is 4.94. The van der Waals surface area contributed by atoms with Crippen LogP contribution in [0, 0.1) is 13.8 Å². The number of carbonyl (C=O) groups excluding carboxylic acids is 1. The van der Waals surface area contributed by atoms with Crippen LogP contribution in [0.4, 0.5) is 5.69 Å². The second-order valence-electron chi connectivity index (χ2n) is 4.92. The van der Waals surface area contributed by atoms with Gasteiger partial charge in [-0.2, -0.15) is 0 Å². The maximum atomic E-state index is 11.8. The van der Waals surface area contributed by atoms with Crippen molar-refractivity contribution in [3.63, 3.8) is 0 Å². The number of carbonyl (C=O) groups is 1. The Hall–Kier alpha value is -1.81. The Labute approximate surface area is 133 Å². The van der Waals surface area contributed by atoms with Crippen LogP contribution in [0.5, 0.6) is 0 Å². The van der Waals surface area contributed by atoms with E-state index >= 15 is 0 Å². The molecule has 0 amide bonds. The third-order valence-corrected chi connectivity index (χ3v) is 3.83. The Bertz CT molecular complexity index is 645. The highest BCUT2D eigenvalue weighted by molar-refractivity contribution is 9.10. The topological polar surface area (TPSA) is 38.3 Å². The predicted octanol–water partition coefficient (Wildman–Crippen LogP) is 4.46. The number of hydrogen-bond donors (Lipinski definition) is 1. The van der Waals surface area contributed by atoms with Gasteiger partial charge in [-0.1, -0.05) is 34.1 Å². The number of benzene rings is 2. The molecule has 0 bridgehead atoms. The minimum Gasteiger partial charge on any atom is -0.465 e. The Balaban J connectivity index is 2.23. The summed E-state index contributed by atoms with van der Waals surface area (Å²) in [6.07, 6.45) is 0. The van der Waals surface area contributed by atoms with Crippen molar-refractivity contribution in [3.8, 4) is 0 Å². The number of nitrogens with one attached hydrogen (secondary N) is 1. The second-order valence-corrected chi connectivity index (χ2v) is 5.83. The molecule has 4 heteroatoms. The Morgan fingerprint density at radius 3 is 2.43 bits per heavy atom. The first kappa shape index (κ1) is 15.6. The largest absolute Gasteiger partial charge is 0.465 e. The van der Waals surface area contributed by atoms with Gasteiger partial charge < -0.3 is 10.1 Å². The van der Waals surface area contributed by atoms with E-state index in [-0.39, 0.29) is 5.97 Å². The van der Waals surface area contributed by atoms with Crippen LogP contribution in [0.25, 0.3) is 0 Å². The minimum atomic E-state index is -0.309. The average molecular weight is 348 g/mol. The number of ether oxygens (including phenoxy) is 1. The van der Waals surface area contributed by atoms with Gasteiger partial charge in [0.1, 0.15) is 0 Å². The molecule has 0 saturated heterocycles. The standard InChI is InChI=1S/C17H18BrNO2/c1-11-8-14(18)9-12(2)16(11)19-10-13-6-4-5-7-15(13)17(20)21-3/h4-9,19H,10H2,1-3H3. The van der Waals surface area contributed by atoms with Gasteiger partial charge in [0, 0.05) is 16.7 Å². The lowest BCUT2D eigenvalue weighted by atomic mass is 10.1. The van der Waals surface area contributed by atoms with E-state index in [4.69, 9.17) is 4.74 Å². The highest BCUT2D eigenvalue weighted by Gasteiger charge is 2.11. The van der Waals surface area contributed by atoms with E-state index < -0.39 is 0 Å². The van der Waals surface area contributed by atoms with Crippen molar-refractivity contribution in [2.45, 2.75) is 20.4 Å². The predicted molar refractivity (Wildman–Crippen MR) is 88.7 cm³/mol. The van der Waals surface area contributed by atoms with Crippen LogP contribution in [0.15, 0.2) is 40.9 Å². The molecular weight excluding hydrogens is 330 g/mol. The molecule has 0 saturated carbocycles. The van der Waals surface area contributed by atoms with Gasteiger partial charge in [0.2, 0.25) is 0 Å². The van der Waals surface area contributed by atoms with Crippen LogP contribution >= 0.6 is 15.9 Å². The number of anilines is 1. The zero-order valence-corrected chi connectivity index (χ0v) is 14.0. The first-order valence-electron chi connectivity index (χ1n) is 6.69. The number of aryl methyl sites for hydroxylation is 2. The molecule has 0 fully saturated rings. The molecule has 3 nitrogen and oxygen atoms in total. The summed E-state index contributed by atoms with van der Waals surface area (Å²) in [6.45, 7) is 4.70. The van der Waals surface area contributed by atoms with E-state index in [1.165, 1.54) is 7.11 Å². The van der Waals surface area contributed by atoms with Gasteiger partial charge in [0.25, 0.3) is 0 Å². The van der Waals surface area contributed by atoms with E-state index in [9.17, 15) is 4.79 Å². The zero-order valence-electron chi connectivity index (χ0n) is 12.4. The highest BCUT2D eigenvalue weighted by atomic mass is 79.9. The molecule has 2 rings (SSSR count). The number of rotatable bonds is 4. The molecule has 0 aliphatic heterocycles. The summed E-state index contributed by atoms with van der Waals surface area (Å²) in [4.78, 5) is 11.8. The molecule has 0 aromatic heterocycles. The van der Waals surface area contributed by atoms with Crippen LogP contribution in [0.1, 0.15) is 27.0 Å². The van der Waals surface area contributed by atoms with Gasteiger partial charge in [-0.25, -0.2) is 4.79 Å². The van der Waals surface area contributed by atoms with Crippen molar-refractivity contribution in [1.29, 1.82) is 0 Å². The van der Waals surface area contributed by atoms with Crippen LogP contribution in [0.2, 0.25) is 0 Å². The molecule has 2 aromatic carbocycles. The quantitative estimate of drug-likeness (QED) is 0.829. The Kier molecular flexibility index (Phi) is 5.02. The molecule has 110 valence electrons. The first-order chi connectivity index (χ1) is 10.0. The summed E-state index contributed by atoms with van der Waals surface area (Å²) >= 11 is 3.49. The van der Waals surface area contributed by atoms with Crippen molar-refractivity contribution in [2.75, 3.05) is 12.4 Å². The van der Waals surface area contributed by atoms with Gasteiger partial charge in [0.05, 0.1) is 12.7 Å². The Morgan fingerprint density at radius 1 is 1.19 bits per heavy atom. The molecule has 0 unspecified atom stereocenters.